The Balaban J connectivity index is 2.55. The van der Waals surface area contributed by atoms with Gasteiger partial charge < -0.3 is 20.5 Å². The second-order valence-corrected chi connectivity index (χ2v) is 7.20. The van der Waals surface area contributed by atoms with E-state index in [1.54, 1.807) is 38.5 Å². The Morgan fingerprint density at radius 2 is 1.23 bits per heavy atom. The number of likely N-dealkylation sites (N-methyl/N-ethyl adjacent to an activating group) is 1. The average Bonchev–Trinajstić information content (AvgIpc) is 2.59. The van der Waals surface area contributed by atoms with Gasteiger partial charge in [-0.3, -0.25) is 0 Å². The third-order valence-electron chi connectivity index (χ3n) is 4.00. The maximum atomic E-state index is 6.54. The molecule has 0 saturated carbocycles. The lowest BCUT2D eigenvalue weighted by atomic mass is 9.93. The molecule has 0 bridgehead atoms. The number of nitrogens with one attached hydrogen (secondary N) is 1. The van der Waals surface area contributed by atoms with Crippen molar-refractivity contribution in [3.05, 3.63) is 55.5 Å². The number of rotatable bonds is 7. The molecule has 0 aliphatic carbocycles. The van der Waals surface area contributed by atoms with E-state index >= 15 is 0 Å². The Bertz CT molecular complexity index is 740. The Morgan fingerprint density at radius 3 is 1.58 bits per heavy atom. The summed E-state index contributed by atoms with van der Waals surface area (Å²) in [7, 11) is 3.09. The van der Waals surface area contributed by atoms with Gasteiger partial charge in [0.25, 0.3) is 0 Å². The van der Waals surface area contributed by atoms with E-state index < -0.39 is 12.1 Å². The molecule has 142 valence electrons. The average molecular weight is 438 g/mol. The largest absolute Gasteiger partial charge is 0.497 e. The van der Waals surface area contributed by atoms with Gasteiger partial charge in [0.05, 0.1) is 46.4 Å². The summed E-state index contributed by atoms with van der Waals surface area (Å²) in [5, 5.41) is 5.01. The highest BCUT2D eigenvalue weighted by atomic mass is 35.5. The van der Waals surface area contributed by atoms with Gasteiger partial charge in [0, 0.05) is 11.1 Å². The van der Waals surface area contributed by atoms with Crippen LogP contribution in [0.1, 0.15) is 30.1 Å². The lowest BCUT2D eigenvalue weighted by molar-refractivity contribution is 0.412. The van der Waals surface area contributed by atoms with Crippen LogP contribution < -0.4 is 20.5 Å². The van der Waals surface area contributed by atoms with Gasteiger partial charge in [-0.15, -0.1) is 0 Å². The molecule has 0 fully saturated rings. The minimum atomic E-state index is -0.593. The van der Waals surface area contributed by atoms with E-state index in [1.165, 1.54) is 0 Å². The van der Waals surface area contributed by atoms with Crippen molar-refractivity contribution in [2.24, 2.45) is 5.73 Å². The van der Waals surface area contributed by atoms with Crippen molar-refractivity contribution in [3.8, 4) is 11.5 Å². The van der Waals surface area contributed by atoms with Crippen LogP contribution in [0.25, 0.3) is 0 Å². The van der Waals surface area contributed by atoms with Crippen LogP contribution in [0.3, 0.4) is 0 Å². The number of hydrogen-bond acceptors (Lipinski definition) is 4. The highest BCUT2D eigenvalue weighted by Crippen LogP contribution is 2.43. The fourth-order valence-electron chi connectivity index (χ4n) is 2.77. The SMILES string of the molecule is CCN[C@H](c1c(Cl)cc(OC)cc1Cl)[C@@H](N)c1c(Cl)cc(OC)cc1Cl. The van der Waals surface area contributed by atoms with Crippen molar-refractivity contribution >= 4 is 46.4 Å². The van der Waals surface area contributed by atoms with E-state index in [0.29, 0.717) is 49.3 Å². The minimum Gasteiger partial charge on any atom is -0.497 e. The van der Waals surface area contributed by atoms with Crippen LogP contribution >= 0.6 is 46.4 Å². The molecule has 0 aliphatic rings. The molecule has 3 N–H and O–H groups in total. The smallest absolute Gasteiger partial charge is 0.121 e. The fourth-order valence-corrected chi connectivity index (χ4v) is 4.19. The minimum absolute atomic E-state index is 0.408. The van der Waals surface area contributed by atoms with Crippen LogP contribution in [0.4, 0.5) is 0 Å². The zero-order valence-corrected chi connectivity index (χ0v) is 17.6. The Labute approximate surface area is 173 Å². The third kappa shape index (κ3) is 4.50. The monoisotopic (exact) mass is 436 g/mol. The molecule has 2 aromatic carbocycles. The van der Waals surface area contributed by atoms with E-state index in [9.17, 15) is 0 Å². The summed E-state index contributed by atoms with van der Waals surface area (Å²) in [4.78, 5) is 0. The molecule has 0 aliphatic heterocycles. The Morgan fingerprint density at radius 1 is 0.846 bits per heavy atom. The zero-order chi connectivity index (χ0) is 19.4. The first-order chi connectivity index (χ1) is 12.3. The Kier molecular flexibility index (Phi) is 7.71. The van der Waals surface area contributed by atoms with E-state index in [0.717, 1.165) is 0 Å². The van der Waals surface area contributed by atoms with Gasteiger partial charge in [-0.25, -0.2) is 0 Å². The number of hydrogen-bond donors (Lipinski definition) is 2. The van der Waals surface area contributed by atoms with E-state index in [2.05, 4.69) is 5.32 Å². The lowest BCUT2D eigenvalue weighted by Crippen LogP contribution is -2.32. The number of benzene rings is 2. The number of methoxy groups -OCH3 is 2. The van der Waals surface area contributed by atoms with Crippen LogP contribution in [-0.4, -0.2) is 20.8 Å². The zero-order valence-electron chi connectivity index (χ0n) is 14.6. The maximum Gasteiger partial charge on any atom is 0.121 e. The van der Waals surface area contributed by atoms with Crippen molar-refractivity contribution in [1.82, 2.24) is 5.32 Å². The first kappa shape index (κ1) is 21.4. The molecule has 4 nitrogen and oxygen atoms in total. The molecule has 0 unspecified atom stereocenters. The summed E-state index contributed by atoms with van der Waals surface area (Å²) in [6, 6.07) is 5.72. The molecule has 26 heavy (non-hydrogen) atoms. The van der Waals surface area contributed by atoms with Gasteiger partial charge >= 0.3 is 0 Å². The molecule has 0 saturated heterocycles. The number of halogens is 4. The molecule has 2 atom stereocenters. The normalized spacial score (nSPS) is 13.4. The van der Waals surface area contributed by atoms with Crippen molar-refractivity contribution in [2.75, 3.05) is 20.8 Å². The van der Waals surface area contributed by atoms with Crippen LogP contribution in [0, 0.1) is 0 Å². The first-order valence-electron chi connectivity index (χ1n) is 7.88. The van der Waals surface area contributed by atoms with Gasteiger partial charge in [-0.2, -0.15) is 0 Å². The van der Waals surface area contributed by atoms with Crippen molar-refractivity contribution in [1.29, 1.82) is 0 Å². The Hall–Kier alpha value is -0.880. The third-order valence-corrected chi connectivity index (χ3v) is 5.25. The molecule has 2 rings (SSSR count). The van der Waals surface area contributed by atoms with Crippen LogP contribution in [0.5, 0.6) is 11.5 Å². The molecule has 0 spiro atoms. The summed E-state index contributed by atoms with van der Waals surface area (Å²) >= 11 is 25.7. The topological polar surface area (TPSA) is 56.5 Å². The molecule has 2 aromatic rings. The van der Waals surface area contributed by atoms with Crippen LogP contribution in [0.2, 0.25) is 20.1 Å². The summed E-state index contributed by atoms with van der Waals surface area (Å²) in [6.45, 7) is 2.60. The van der Waals surface area contributed by atoms with Gasteiger partial charge in [0.15, 0.2) is 0 Å². The molecular weight excluding hydrogens is 418 g/mol. The second kappa shape index (κ2) is 9.36. The first-order valence-corrected chi connectivity index (χ1v) is 9.40. The quantitative estimate of drug-likeness (QED) is 0.585. The van der Waals surface area contributed by atoms with Crippen LogP contribution in [-0.2, 0) is 0 Å². The maximum absolute atomic E-state index is 6.54. The van der Waals surface area contributed by atoms with Crippen molar-refractivity contribution < 1.29 is 9.47 Å². The summed E-state index contributed by atoms with van der Waals surface area (Å²) in [5.41, 5.74) is 7.78. The second-order valence-electron chi connectivity index (χ2n) is 5.57. The number of ether oxygens (including phenoxy) is 2. The van der Waals surface area contributed by atoms with Gasteiger partial charge in [-0.1, -0.05) is 53.3 Å². The molecular formula is C18H20Cl4N2O2. The molecule has 0 amide bonds. The van der Waals surface area contributed by atoms with Gasteiger partial charge in [0.2, 0.25) is 0 Å². The summed E-state index contributed by atoms with van der Waals surface area (Å²) in [6.07, 6.45) is 0. The van der Waals surface area contributed by atoms with Crippen molar-refractivity contribution in [3.63, 3.8) is 0 Å². The standard InChI is InChI=1S/C18H20Cl4N2O2/c1-4-24-18(16-13(21)7-10(26-3)8-14(16)22)17(23)15-11(19)5-9(25-2)6-12(15)20/h5-8,17-18,24H,4,23H2,1-3H3/t17-,18+/m0/s1. The highest BCUT2D eigenvalue weighted by Gasteiger charge is 2.29. The summed E-state index contributed by atoms with van der Waals surface area (Å²) < 4.78 is 10.4. The van der Waals surface area contributed by atoms with Gasteiger partial charge in [0.1, 0.15) is 11.5 Å². The lowest BCUT2D eigenvalue weighted by Gasteiger charge is -2.29. The highest BCUT2D eigenvalue weighted by molar-refractivity contribution is 6.37. The summed E-state index contributed by atoms with van der Waals surface area (Å²) in [5.74, 6) is 1.12. The van der Waals surface area contributed by atoms with Gasteiger partial charge in [-0.05, 0) is 30.8 Å². The fraction of sp³-hybridized carbons (Fsp3) is 0.333. The number of nitrogens with two attached hydrogens (primary N) is 1. The molecule has 8 heteroatoms. The van der Waals surface area contributed by atoms with E-state index in [1.807, 2.05) is 6.92 Å². The molecule has 0 heterocycles. The predicted molar refractivity (Wildman–Crippen MR) is 109 cm³/mol. The van der Waals surface area contributed by atoms with Crippen molar-refractivity contribution in [2.45, 2.75) is 19.0 Å². The molecule has 0 aromatic heterocycles. The molecule has 0 radical (unpaired) electrons. The predicted octanol–water partition coefficient (Wildman–Crippen LogP) is 5.67. The van der Waals surface area contributed by atoms with E-state index in [4.69, 9.17) is 61.6 Å². The van der Waals surface area contributed by atoms with Crippen LogP contribution in [0.15, 0.2) is 24.3 Å². The van der Waals surface area contributed by atoms with E-state index in [-0.39, 0.29) is 0 Å².